The molecule has 29 heavy (non-hydrogen) atoms. The molecule has 0 aliphatic carbocycles. The summed E-state index contributed by atoms with van der Waals surface area (Å²) in [7, 11) is 0. The van der Waals surface area contributed by atoms with E-state index in [1.54, 1.807) is 34.1 Å². The molecule has 1 aliphatic rings. The van der Waals surface area contributed by atoms with Gasteiger partial charge in [0, 0.05) is 24.3 Å². The number of anilines is 2. The number of aromatic nitrogens is 3. The van der Waals surface area contributed by atoms with E-state index in [1.807, 2.05) is 24.3 Å². The number of nitrogens with one attached hydrogen (secondary N) is 1. The first kappa shape index (κ1) is 19.4. The zero-order chi connectivity index (χ0) is 20.4. The van der Waals surface area contributed by atoms with E-state index in [0.717, 1.165) is 5.56 Å². The maximum atomic E-state index is 12.6. The molecular formula is C20H17Cl2N5O2. The average molecular weight is 430 g/mol. The summed E-state index contributed by atoms with van der Waals surface area (Å²) in [6.07, 6.45) is 3.28. The van der Waals surface area contributed by atoms with Gasteiger partial charge in [0.25, 0.3) is 0 Å². The Morgan fingerprint density at radius 3 is 2.62 bits per heavy atom. The predicted octanol–water partition coefficient (Wildman–Crippen LogP) is 3.62. The highest BCUT2D eigenvalue weighted by Gasteiger charge is 2.35. The molecule has 1 atom stereocenters. The highest BCUT2D eigenvalue weighted by atomic mass is 35.5. The Bertz CT molecular complexity index is 1040. The molecule has 2 amide bonds. The molecule has 2 heterocycles. The molecule has 1 aliphatic heterocycles. The van der Waals surface area contributed by atoms with E-state index in [-0.39, 0.29) is 18.2 Å². The molecule has 0 unspecified atom stereocenters. The number of hydrogen-bond acceptors (Lipinski definition) is 4. The van der Waals surface area contributed by atoms with Crippen LogP contribution in [-0.2, 0) is 16.1 Å². The molecule has 1 aromatic heterocycles. The molecule has 1 N–H and O–H groups in total. The molecule has 2 aromatic carbocycles. The molecule has 9 heteroatoms. The van der Waals surface area contributed by atoms with E-state index < -0.39 is 5.92 Å². The SMILES string of the molecule is O=C(Nc1ccc(Cn2cncn2)cc1)[C@@H]1CC(=O)N(c2ccc(Cl)c(Cl)c2)C1. The van der Waals surface area contributed by atoms with Crippen LogP contribution in [0.4, 0.5) is 11.4 Å². The highest BCUT2D eigenvalue weighted by molar-refractivity contribution is 6.42. The summed E-state index contributed by atoms with van der Waals surface area (Å²) in [6.45, 7) is 0.900. The van der Waals surface area contributed by atoms with Crippen LogP contribution in [0.5, 0.6) is 0 Å². The Morgan fingerprint density at radius 1 is 1.14 bits per heavy atom. The van der Waals surface area contributed by atoms with Crippen LogP contribution in [0.3, 0.4) is 0 Å². The fraction of sp³-hybridized carbons (Fsp3) is 0.200. The van der Waals surface area contributed by atoms with Gasteiger partial charge in [-0.05, 0) is 35.9 Å². The van der Waals surface area contributed by atoms with Crippen molar-refractivity contribution in [2.75, 3.05) is 16.8 Å². The highest BCUT2D eigenvalue weighted by Crippen LogP contribution is 2.31. The summed E-state index contributed by atoms with van der Waals surface area (Å²) in [5.41, 5.74) is 2.35. The van der Waals surface area contributed by atoms with E-state index in [0.29, 0.717) is 34.5 Å². The normalized spacial score (nSPS) is 16.3. The number of hydrogen-bond donors (Lipinski definition) is 1. The molecule has 1 fully saturated rings. The third-order valence-corrected chi connectivity index (χ3v) is 5.48. The van der Waals surface area contributed by atoms with Gasteiger partial charge in [0.2, 0.25) is 11.8 Å². The van der Waals surface area contributed by atoms with Gasteiger partial charge in [-0.2, -0.15) is 5.10 Å². The largest absolute Gasteiger partial charge is 0.326 e. The molecule has 4 rings (SSSR count). The van der Waals surface area contributed by atoms with Gasteiger partial charge in [0.05, 0.1) is 22.5 Å². The molecular weight excluding hydrogens is 413 g/mol. The van der Waals surface area contributed by atoms with Crippen molar-refractivity contribution in [3.05, 3.63) is 70.7 Å². The van der Waals surface area contributed by atoms with Crippen LogP contribution in [0.15, 0.2) is 55.1 Å². The van der Waals surface area contributed by atoms with E-state index in [4.69, 9.17) is 23.2 Å². The van der Waals surface area contributed by atoms with Crippen molar-refractivity contribution in [1.82, 2.24) is 14.8 Å². The fourth-order valence-electron chi connectivity index (χ4n) is 3.22. The van der Waals surface area contributed by atoms with Crippen LogP contribution in [-0.4, -0.2) is 33.1 Å². The maximum Gasteiger partial charge on any atom is 0.229 e. The summed E-state index contributed by atoms with van der Waals surface area (Å²) in [4.78, 5) is 30.5. The standard InChI is InChI=1S/C20H17Cl2N5O2/c21-17-6-5-16(8-18(17)22)27-10-14(7-19(27)28)20(29)25-15-3-1-13(2-4-15)9-26-12-23-11-24-26/h1-6,8,11-12,14H,7,9-10H2,(H,25,29)/t14-/m1/s1. The minimum atomic E-state index is -0.438. The second kappa shape index (κ2) is 8.23. The summed E-state index contributed by atoms with van der Waals surface area (Å²) in [5, 5.41) is 7.74. The predicted molar refractivity (Wildman–Crippen MR) is 111 cm³/mol. The lowest BCUT2D eigenvalue weighted by atomic mass is 10.1. The molecule has 0 saturated carbocycles. The Labute approximate surface area is 177 Å². The topological polar surface area (TPSA) is 80.1 Å². The quantitative estimate of drug-likeness (QED) is 0.671. The second-order valence-corrected chi connectivity index (χ2v) is 7.60. The molecule has 3 aromatic rings. The van der Waals surface area contributed by atoms with Crippen LogP contribution in [0.25, 0.3) is 0 Å². The second-order valence-electron chi connectivity index (χ2n) is 6.78. The first-order chi connectivity index (χ1) is 14.0. The first-order valence-corrected chi connectivity index (χ1v) is 9.73. The number of halogens is 2. The van der Waals surface area contributed by atoms with Gasteiger partial charge in [-0.1, -0.05) is 35.3 Å². The van der Waals surface area contributed by atoms with Gasteiger partial charge in [0.1, 0.15) is 12.7 Å². The van der Waals surface area contributed by atoms with Crippen molar-refractivity contribution >= 4 is 46.4 Å². The van der Waals surface area contributed by atoms with Gasteiger partial charge < -0.3 is 10.2 Å². The molecule has 0 radical (unpaired) electrons. The minimum absolute atomic E-state index is 0.119. The molecule has 0 bridgehead atoms. The van der Waals surface area contributed by atoms with Crippen LogP contribution < -0.4 is 10.2 Å². The average Bonchev–Trinajstić information content (AvgIpc) is 3.35. The van der Waals surface area contributed by atoms with Gasteiger partial charge in [-0.3, -0.25) is 9.59 Å². The summed E-state index contributed by atoms with van der Waals surface area (Å²) in [5.74, 6) is -0.747. The lowest BCUT2D eigenvalue weighted by Crippen LogP contribution is -2.28. The van der Waals surface area contributed by atoms with Crippen molar-refractivity contribution in [1.29, 1.82) is 0 Å². The molecule has 0 spiro atoms. The zero-order valence-electron chi connectivity index (χ0n) is 15.3. The van der Waals surface area contributed by atoms with Gasteiger partial charge in [0.15, 0.2) is 0 Å². The smallest absolute Gasteiger partial charge is 0.229 e. The Morgan fingerprint density at radius 2 is 1.93 bits per heavy atom. The number of rotatable bonds is 5. The Balaban J connectivity index is 1.38. The van der Waals surface area contributed by atoms with Crippen LogP contribution in [0.2, 0.25) is 10.0 Å². The number of carbonyl (C=O) groups is 2. The van der Waals surface area contributed by atoms with Gasteiger partial charge in [-0.25, -0.2) is 9.67 Å². The zero-order valence-corrected chi connectivity index (χ0v) is 16.8. The van der Waals surface area contributed by atoms with E-state index in [2.05, 4.69) is 15.4 Å². The molecule has 7 nitrogen and oxygen atoms in total. The van der Waals surface area contributed by atoms with Crippen molar-refractivity contribution in [2.45, 2.75) is 13.0 Å². The van der Waals surface area contributed by atoms with Gasteiger partial charge in [-0.15, -0.1) is 0 Å². The van der Waals surface area contributed by atoms with E-state index in [9.17, 15) is 9.59 Å². The third-order valence-electron chi connectivity index (χ3n) is 4.74. The van der Waals surface area contributed by atoms with Crippen molar-refractivity contribution in [2.24, 2.45) is 5.92 Å². The summed E-state index contributed by atoms with van der Waals surface area (Å²) in [6, 6.07) is 12.5. The van der Waals surface area contributed by atoms with E-state index in [1.165, 1.54) is 6.33 Å². The molecule has 148 valence electrons. The Kier molecular flexibility index (Phi) is 5.51. The van der Waals surface area contributed by atoms with Crippen molar-refractivity contribution in [3.63, 3.8) is 0 Å². The first-order valence-electron chi connectivity index (χ1n) is 8.97. The van der Waals surface area contributed by atoms with E-state index >= 15 is 0 Å². The van der Waals surface area contributed by atoms with Crippen LogP contribution in [0, 0.1) is 5.92 Å². The molecule has 1 saturated heterocycles. The van der Waals surface area contributed by atoms with Crippen LogP contribution >= 0.6 is 23.2 Å². The lowest BCUT2D eigenvalue weighted by molar-refractivity contribution is -0.122. The number of nitrogens with zero attached hydrogens (tertiary/aromatic N) is 4. The number of benzene rings is 2. The van der Waals surface area contributed by atoms with Crippen LogP contribution in [0.1, 0.15) is 12.0 Å². The maximum absolute atomic E-state index is 12.6. The number of carbonyl (C=O) groups excluding carboxylic acids is 2. The fourth-order valence-corrected chi connectivity index (χ4v) is 3.52. The monoisotopic (exact) mass is 429 g/mol. The summed E-state index contributed by atoms with van der Waals surface area (Å²) >= 11 is 12.0. The Hall–Kier alpha value is -2.90. The minimum Gasteiger partial charge on any atom is -0.326 e. The lowest BCUT2D eigenvalue weighted by Gasteiger charge is -2.17. The van der Waals surface area contributed by atoms with Gasteiger partial charge >= 0.3 is 0 Å². The summed E-state index contributed by atoms with van der Waals surface area (Å²) < 4.78 is 1.72. The van der Waals surface area contributed by atoms with Crippen molar-refractivity contribution < 1.29 is 9.59 Å². The third kappa shape index (κ3) is 4.41. The van der Waals surface area contributed by atoms with Crippen molar-refractivity contribution in [3.8, 4) is 0 Å². The number of amides is 2.